The molecule has 29 heavy (non-hydrogen) atoms. The maximum Gasteiger partial charge on any atom is 0.276 e. The van der Waals surface area contributed by atoms with Crippen LogP contribution in [0.2, 0.25) is 0 Å². The molecule has 0 spiro atoms. The van der Waals surface area contributed by atoms with Gasteiger partial charge in [-0.2, -0.15) is 5.10 Å². The van der Waals surface area contributed by atoms with E-state index in [0.29, 0.717) is 18.4 Å². The smallest absolute Gasteiger partial charge is 0.276 e. The summed E-state index contributed by atoms with van der Waals surface area (Å²) in [5.41, 5.74) is 2.04. The number of fused-ring (bicyclic) bond motifs is 3. The molecule has 4 rings (SSSR count). The van der Waals surface area contributed by atoms with Crippen molar-refractivity contribution in [2.24, 2.45) is 0 Å². The first-order valence-corrected chi connectivity index (χ1v) is 11.3. The molecule has 5 nitrogen and oxygen atoms in total. The number of nitrogens with one attached hydrogen (secondary N) is 1. The SMILES string of the molecule is CCC(C(=O)NCCC1=CCCCC1)n1nc(C)c2sc3ccccc3c2c1=O. The van der Waals surface area contributed by atoms with Crippen LogP contribution in [0.25, 0.3) is 20.2 Å². The number of nitrogens with zero attached hydrogens (tertiary/aromatic N) is 2. The van der Waals surface area contributed by atoms with Gasteiger partial charge in [-0.15, -0.1) is 11.3 Å². The van der Waals surface area contributed by atoms with Gasteiger partial charge < -0.3 is 5.32 Å². The molecule has 6 heteroatoms. The fraction of sp³-hybridized carbons (Fsp3) is 0.435. The van der Waals surface area contributed by atoms with E-state index in [1.807, 2.05) is 38.1 Å². The lowest BCUT2D eigenvalue weighted by Crippen LogP contribution is -2.39. The van der Waals surface area contributed by atoms with Crippen molar-refractivity contribution in [1.29, 1.82) is 0 Å². The Hall–Kier alpha value is -2.47. The van der Waals surface area contributed by atoms with Crippen LogP contribution in [0.5, 0.6) is 0 Å². The summed E-state index contributed by atoms with van der Waals surface area (Å²) in [6.45, 7) is 4.44. The molecule has 0 radical (unpaired) electrons. The summed E-state index contributed by atoms with van der Waals surface area (Å²) in [6.07, 6.45) is 8.50. The number of rotatable bonds is 6. The van der Waals surface area contributed by atoms with Crippen molar-refractivity contribution in [3.05, 3.63) is 52.0 Å². The Labute approximate surface area is 174 Å². The Morgan fingerprint density at radius 3 is 2.90 bits per heavy atom. The van der Waals surface area contributed by atoms with Gasteiger partial charge in [0.05, 0.1) is 15.8 Å². The standard InChI is InChI=1S/C23H27N3O2S/c1-3-18(22(27)24-14-13-16-9-5-4-6-10-16)26-23(28)20-17-11-7-8-12-19(17)29-21(20)15(2)25-26/h7-9,11-12,18H,3-6,10,13-14H2,1-2H3,(H,24,27). The predicted molar refractivity (Wildman–Crippen MR) is 120 cm³/mol. The zero-order valence-corrected chi connectivity index (χ0v) is 17.8. The van der Waals surface area contributed by atoms with E-state index in [4.69, 9.17) is 0 Å². The number of thiophene rings is 1. The summed E-state index contributed by atoms with van der Waals surface area (Å²) in [5.74, 6) is -0.128. The van der Waals surface area contributed by atoms with Crippen LogP contribution < -0.4 is 10.9 Å². The van der Waals surface area contributed by atoms with Gasteiger partial charge in [-0.25, -0.2) is 4.68 Å². The van der Waals surface area contributed by atoms with Crippen molar-refractivity contribution in [3.63, 3.8) is 0 Å². The summed E-state index contributed by atoms with van der Waals surface area (Å²) in [6, 6.07) is 7.32. The van der Waals surface area contributed by atoms with Crippen molar-refractivity contribution in [2.75, 3.05) is 6.54 Å². The van der Waals surface area contributed by atoms with E-state index in [9.17, 15) is 9.59 Å². The minimum absolute atomic E-state index is 0.128. The highest BCUT2D eigenvalue weighted by molar-refractivity contribution is 7.26. The van der Waals surface area contributed by atoms with Crippen molar-refractivity contribution < 1.29 is 4.79 Å². The molecular weight excluding hydrogens is 382 g/mol. The molecule has 152 valence electrons. The first-order chi connectivity index (χ1) is 14.1. The molecule has 1 aromatic carbocycles. The van der Waals surface area contributed by atoms with E-state index in [2.05, 4.69) is 16.5 Å². The van der Waals surface area contributed by atoms with Crippen LogP contribution in [0.4, 0.5) is 0 Å². The second kappa shape index (κ2) is 8.49. The lowest BCUT2D eigenvalue weighted by atomic mass is 9.97. The van der Waals surface area contributed by atoms with Crippen molar-refractivity contribution in [1.82, 2.24) is 15.1 Å². The van der Waals surface area contributed by atoms with Gasteiger partial charge in [-0.05, 0) is 51.5 Å². The molecule has 2 aromatic heterocycles. The Morgan fingerprint density at radius 1 is 1.31 bits per heavy atom. The van der Waals surface area contributed by atoms with Crippen molar-refractivity contribution in [2.45, 2.75) is 58.4 Å². The van der Waals surface area contributed by atoms with Gasteiger partial charge in [0.15, 0.2) is 0 Å². The fourth-order valence-electron chi connectivity index (χ4n) is 4.16. The number of aromatic nitrogens is 2. The summed E-state index contributed by atoms with van der Waals surface area (Å²) >= 11 is 1.59. The number of carbonyl (C=O) groups is 1. The molecule has 1 unspecified atom stereocenters. The van der Waals surface area contributed by atoms with Gasteiger partial charge in [-0.3, -0.25) is 9.59 Å². The average molecular weight is 410 g/mol. The van der Waals surface area contributed by atoms with Gasteiger partial charge in [0.1, 0.15) is 6.04 Å². The molecule has 1 aliphatic rings. The normalized spacial score (nSPS) is 15.4. The third-order valence-corrected chi connectivity index (χ3v) is 7.00. The molecule has 1 N–H and O–H groups in total. The monoisotopic (exact) mass is 409 g/mol. The van der Waals surface area contributed by atoms with Crippen LogP contribution in [0.3, 0.4) is 0 Å². The van der Waals surface area contributed by atoms with Crippen molar-refractivity contribution >= 4 is 37.4 Å². The fourth-order valence-corrected chi connectivity index (χ4v) is 5.29. The Balaban J connectivity index is 1.62. The second-order valence-corrected chi connectivity index (χ2v) is 8.76. The molecule has 0 aliphatic heterocycles. The van der Waals surface area contributed by atoms with E-state index < -0.39 is 6.04 Å². The Bertz CT molecular complexity index is 1140. The third-order valence-electron chi connectivity index (χ3n) is 5.72. The quantitative estimate of drug-likeness (QED) is 0.590. The van der Waals surface area contributed by atoms with Gasteiger partial charge in [-0.1, -0.05) is 36.8 Å². The largest absolute Gasteiger partial charge is 0.354 e. The number of hydrogen-bond donors (Lipinski definition) is 1. The number of allylic oxidation sites excluding steroid dienone is 1. The molecule has 0 bridgehead atoms. The van der Waals surface area contributed by atoms with Crippen LogP contribution in [-0.4, -0.2) is 22.2 Å². The van der Waals surface area contributed by atoms with Crippen LogP contribution in [-0.2, 0) is 4.79 Å². The molecule has 1 amide bonds. The van der Waals surface area contributed by atoms with E-state index in [-0.39, 0.29) is 11.5 Å². The zero-order chi connectivity index (χ0) is 20.4. The number of amides is 1. The lowest BCUT2D eigenvalue weighted by molar-refractivity contribution is -0.124. The zero-order valence-electron chi connectivity index (χ0n) is 17.0. The molecular formula is C23H27N3O2S. The summed E-state index contributed by atoms with van der Waals surface area (Å²) in [5, 5.41) is 9.18. The van der Waals surface area contributed by atoms with Crippen LogP contribution in [0.1, 0.15) is 57.2 Å². The van der Waals surface area contributed by atoms with E-state index >= 15 is 0 Å². The van der Waals surface area contributed by atoms with E-state index in [0.717, 1.165) is 39.7 Å². The maximum atomic E-state index is 13.3. The van der Waals surface area contributed by atoms with E-state index in [1.54, 1.807) is 11.3 Å². The molecule has 2 heterocycles. The maximum absolute atomic E-state index is 13.3. The van der Waals surface area contributed by atoms with Crippen LogP contribution in [0, 0.1) is 6.92 Å². The van der Waals surface area contributed by atoms with Gasteiger partial charge in [0.2, 0.25) is 5.91 Å². The predicted octanol–water partition coefficient (Wildman–Crippen LogP) is 4.88. The van der Waals surface area contributed by atoms with Gasteiger partial charge in [0.25, 0.3) is 5.56 Å². The van der Waals surface area contributed by atoms with Crippen LogP contribution >= 0.6 is 11.3 Å². The average Bonchev–Trinajstić information content (AvgIpc) is 3.13. The van der Waals surface area contributed by atoms with Gasteiger partial charge in [0, 0.05) is 16.6 Å². The third kappa shape index (κ3) is 3.86. The minimum atomic E-state index is -0.593. The summed E-state index contributed by atoms with van der Waals surface area (Å²) in [7, 11) is 0. The van der Waals surface area contributed by atoms with E-state index in [1.165, 1.54) is 23.1 Å². The summed E-state index contributed by atoms with van der Waals surface area (Å²) < 4.78 is 3.37. The van der Waals surface area contributed by atoms with Crippen molar-refractivity contribution in [3.8, 4) is 0 Å². The highest BCUT2D eigenvalue weighted by atomic mass is 32.1. The first-order valence-electron chi connectivity index (χ1n) is 10.5. The molecule has 0 saturated heterocycles. The highest BCUT2D eigenvalue weighted by Gasteiger charge is 2.24. The second-order valence-electron chi connectivity index (χ2n) is 7.71. The molecule has 3 aromatic rings. The van der Waals surface area contributed by atoms with Gasteiger partial charge >= 0.3 is 0 Å². The van der Waals surface area contributed by atoms with Crippen LogP contribution in [0.15, 0.2) is 40.7 Å². The number of carbonyl (C=O) groups excluding carboxylic acids is 1. The minimum Gasteiger partial charge on any atom is -0.354 e. The number of benzene rings is 1. The highest BCUT2D eigenvalue weighted by Crippen LogP contribution is 2.33. The number of aryl methyl sites for hydroxylation is 1. The molecule has 0 saturated carbocycles. The number of hydrogen-bond acceptors (Lipinski definition) is 4. The first kappa shape index (κ1) is 19.8. The molecule has 1 atom stereocenters. The lowest BCUT2D eigenvalue weighted by Gasteiger charge is -2.18. The Morgan fingerprint density at radius 2 is 2.14 bits per heavy atom. The topological polar surface area (TPSA) is 64.0 Å². The molecule has 0 fully saturated rings. The Kier molecular flexibility index (Phi) is 5.81. The molecule has 1 aliphatic carbocycles. The summed E-state index contributed by atoms with van der Waals surface area (Å²) in [4.78, 5) is 26.2.